The standard InChI is InChI=1S/C9H10N2O2/c1-5(12)7-3-8(6(2)13)9(10)11-4-7/h3-4H,1-2H3,(H2,10,11). The van der Waals surface area contributed by atoms with Crippen LogP contribution in [0.5, 0.6) is 0 Å². The zero-order valence-corrected chi connectivity index (χ0v) is 7.50. The van der Waals surface area contributed by atoms with Crippen LogP contribution < -0.4 is 5.73 Å². The van der Waals surface area contributed by atoms with Gasteiger partial charge in [-0.2, -0.15) is 0 Å². The number of nitrogens with zero attached hydrogens (tertiary/aromatic N) is 1. The van der Waals surface area contributed by atoms with Crippen LogP contribution in [0.4, 0.5) is 5.82 Å². The van der Waals surface area contributed by atoms with Gasteiger partial charge in [0.2, 0.25) is 0 Å². The van der Waals surface area contributed by atoms with Crippen molar-refractivity contribution in [1.82, 2.24) is 4.98 Å². The highest BCUT2D eigenvalue weighted by Crippen LogP contribution is 2.11. The molecule has 0 saturated heterocycles. The molecule has 0 radical (unpaired) electrons. The Bertz CT molecular complexity index is 372. The Morgan fingerprint density at radius 2 is 1.92 bits per heavy atom. The molecule has 0 spiro atoms. The van der Waals surface area contributed by atoms with Crippen LogP contribution in [0, 0.1) is 0 Å². The molecule has 68 valence electrons. The van der Waals surface area contributed by atoms with E-state index < -0.39 is 0 Å². The second-order valence-electron chi connectivity index (χ2n) is 2.77. The lowest BCUT2D eigenvalue weighted by Crippen LogP contribution is -2.05. The molecule has 1 rings (SSSR count). The summed E-state index contributed by atoms with van der Waals surface area (Å²) in [5.41, 5.74) is 6.15. The summed E-state index contributed by atoms with van der Waals surface area (Å²) in [7, 11) is 0. The molecule has 1 heterocycles. The van der Waals surface area contributed by atoms with Crippen molar-refractivity contribution in [2.75, 3.05) is 5.73 Å². The first-order valence-corrected chi connectivity index (χ1v) is 3.79. The quantitative estimate of drug-likeness (QED) is 0.687. The number of anilines is 1. The van der Waals surface area contributed by atoms with E-state index >= 15 is 0 Å². The zero-order chi connectivity index (χ0) is 10.0. The van der Waals surface area contributed by atoms with Gasteiger partial charge in [0, 0.05) is 11.8 Å². The first-order chi connectivity index (χ1) is 6.02. The van der Waals surface area contributed by atoms with Crippen molar-refractivity contribution in [3.8, 4) is 0 Å². The van der Waals surface area contributed by atoms with E-state index in [-0.39, 0.29) is 17.4 Å². The van der Waals surface area contributed by atoms with Crippen molar-refractivity contribution in [1.29, 1.82) is 0 Å². The Balaban J connectivity index is 3.27. The number of Topliss-reactive ketones (excluding diaryl/α,β-unsaturated/α-hetero) is 2. The number of rotatable bonds is 2. The molecule has 2 N–H and O–H groups in total. The second kappa shape index (κ2) is 3.35. The van der Waals surface area contributed by atoms with Gasteiger partial charge >= 0.3 is 0 Å². The number of aromatic nitrogens is 1. The molecule has 0 aliphatic carbocycles. The van der Waals surface area contributed by atoms with E-state index in [1.807, 2.05) is 0 Å². The van der Waals surface area contributed by atoms with Gasteiger partial charge in [-0.25, -0.2) is 4.98 Å². The van der Waals surface area contributed by atoms with Gasteiger partial charge in [0.25, 0.3) is 0 Å². The summed E-state index contributed by atoms with van der Waals surface area (Å²) >= 11 is 0. The first-order valence-electron chi connectivity index (χ1n) is 3.79. The Morgan fingerprint density at radius 3 is 2.38 bits per heavy atom. The van der Waals surface area contributed by atoms with Crippen molar-refractivity contribution in [3.63, 3.8) is 0 Å². The fourth-order valence-electron chi connectivity index (χ4n) is 0.950. The lowest BCUT2D eigenvalue weighted by Gasteiger charge is -2.01. The maximum absolute atomic E-state index is 11.0. The maximum atomic E-state index is 11.0. The molecule has 4 nitrogen and oxygen atoms in total. The zero-order valence-electron chi connectivity index (χ0n) is 7.50. The van der Waals surface area contributed by atoms with Crippen LogP contribution in [0.25, 0.3) is 0 Å². The Labute approximate surface area is 75.8 Å². The predicted molar refractivity (Wildman–Crippen MR) is 48.7 cm³/mol. The summed E-state index contributed by atoms with van der Waals surface area (Å²) in [4.78, 5) is 25.7. The largest absolute Gasteiger partial charge is 0.383 e. The lowest BCUT2D eigenvalue weighted by atomic mass is 10.1. The third kappa shape index (κ3) is 1.90. The summed E-state index contributed by atoms with van der Waals surface area (Å²) in [6, 6.07) is 1.47. The van der Waals surface area contributed by atoms with Crippen molar-refractivity contribution in [2.45, 2.75) is 13.8 Å². The molecule has 0 aromatic carbocycles. The van der Waals surface area contributed by atoms with Gasteiger partial charge < -0.3 is 5.73 Å². The molecule has 1 aromatic heterocycles. The molecule has 13 heavy (non-hydrogen) atoms. The predicted octanol–water partition coefficient (Wildman–Crippen LogP) is 1.07. The van der Waals surface area contributed by atoms with Gasteiger partial charge in [0.05, 0.1) is 5.56 Å². The minimum Gasteiger partial charge on any atom is -0.383 e. The van der Waals surface area contributed by atoms with E-state index in [9.17, 15) is 9.59 Å². The monoisotopic (exact) mass is 178 g/mol. The molecule has 0 saturated carbocycles. The normalized spacial score (nSPS) is 9.69. The Morgan fingerprint density at radius 1 is 1.31 bits per heavy atom. The molecule has 0 atom stereocenters. The smallest absolute Gasteiger partial charge is 0.163 e. The van der Waals surface area contributed by atoms with Gasteiger partial charge in [-0.3, -0.25) is 9.59 Å². The van der Waals surface area contributed by atoms with Gasteiger partial charge in [-0.05, 0) is 19.9 Å². The van der Waals surface area contributed by atoms with E-state index in [1.165, 1.54) is 26.1 Å². The molecule has 4 heteroatoms. The summed E-state index contributed by atoms with van der Waals surface area (Å²) in [6.07, 6.45) is 1.37. The van der Waals surface area contributed by atoms with Crippen LogP contribution in [-0.4, -0.2) is 16.6 Å². The minimum atomic E-state index is -0.187. The fraction of sp³-hybridized carbons (Fsp3) is 0.222. The average Bonchev–Trinajstić information content (AvgIpc) is 2.04. The van der Waals surface area contributed by atoms with Crippen LogP contribution in [0.2, 0.25) is 0 Å². The number of hydrogen-bond acceptors (Lipinski definition) is 4. The highest BCUT2D eigenvalue weighted by atomic mass is 16.1. The molecule has 0 aliphatic rings. The summed E-state index contributed by atoms with van der Waals surface area (Å²) in [6.45, 7) is 2.80. The number of ketones is 2. The van der Waals surface area contributed by atoms with Crippen LogP contribution in [0.3, 0.4) is 0 Å². The number of carbonyl (C=O) groups excluding carboxylic acids is 2. The summed E-state index contributed by atoms with van der Waals surface area (Å²) in [5.74, 6) is -0.152. The van der Waals surface area contributed by atoms with Crippen molar-refractivity contribution in [2.24, 2.45) is 0 Å². The van der Waals surface area contributed by atoms with E-state index in [1.54, 1.807) is 0 Å². The van der Waals surface area contributed by atoms with E-state index in [2.05, 4.69) is 4.98 Å². The summed E-state index contributed by atoms with van der Waals surface area (Å²) < 4.78 is 0. The molecule has 0 amide bonds. The van der Waals surface area contributed by atoms with Gasteiger partial charge in [0.15, 0.2) is 11.6 Å². The molecule has 0 aliphatic heterocycles. The first kappa shape index (κ1) is 9.38. The van der Waals surface area contributed by atoms with Crippen LogP contribution in [0.1, 0.15) is 34.6 Å². The van der Waals surface area contributed by atoms with E-state index in [4.69, 9.17) is 5.73 Å². The van der Waals surface area contributed by atoms with Crippen molar-refractivity contribution >= 4 is 17.4 Å². The molecule has 1 aromatic rings. The van der Waals surface area contributed by atoms with E-state index in [0.717, 1.165) is 0 Å². The van der Waals surface area contributed by atoms with E-state index in [0.29, 0.717) is 11.1 Å². The second-order valence-corrected chi connectivity index (χ2v) is 2.77. The van der Waals surface area contributed by atoms with Gasteiger partial charge in [-0.15, -0.1) is 0 Å². The molecule has 0 bridgehead atoms. The molecular weight excluding hydrogens is 168 g/mol. The van der Waals surface area contributed by atoms with Crippen LogP contribution in [0.15, 0.2) is 12.3 Å². The van der Waals surface area contributed by atoms with Crippen molar-refractivity contribution in [3.05, 3.63) is 23.4 Å². The van der Waals surface area contributed by atoms with Crippen molar-refractivity contribution < 1.29 is 9.59 Å². The minimum absolute atomic E-state index is 0.130. The Kier molecular flexibility index (Phi) is 2.41. The number of pyridine rings is 1. The van der Waals surface area contributed by atoms with Gasteiger partial charge in [0.1, 0.15) is 5.82 Å². The fourth-order valence-corrected chi connectivity index (χ4v) is 0.950. The number of carbonyl (C=O) groups is 2. The number of nitrogen functional groups attached to an aromatic ring is 1. The molecule has 0 fully saturated rings. The molecular formula is C9H10N2O2. The highest BCUT2D eigenvalue weighted by Gasteiger charge is 2.08. The Hall–Kier alpha value is -1.71. The average molecular weight is 178 g/mol. The number of hydrogen-bond donors (Lipinski definition) is 1. The highest BCUT2D eigenvalue weighted by molar-refractivity contribution is 6.02. The van der Waals surface area contributed by atoms with Crippen LogP contribution >= 0.6 is 0 Å². The topological polar surface area (TPSA) is 73.1 Å². The number of nitrogens with two attached hydrogens (primary N) is 1. The third-order valence-electron chi connectivity index (χ3n) is 1.70. The maximum Gasteiger partial charge on any atom is 0.163 e. The lowest BCUT2D eigenvalue weighted by molar-refractivity contribution is 0.101. The molecule has 0 unspecified atom stereocenters. The third-order valence-corrected chi connectivity index (χ3v) is 1.70. The SMILES string of the molecule is CC(=O)c1cnc(N)c(C(C)=O)c1. The van der Waals surface area contributed by atoms with Gasteiger partial charge in [-0.1, -0.05) is 0 Å². The summed E-state index contributed by atoms with van der Waals surface area (Å²) in [5, 5.41) is 0. The van der Waals surface area contributed by atoms with Crippen LogP contribution in [-0.2, 0) is 0 Å².